The van der Waals surface area contributed by atoms with E-state index in [1.54, 1.807) is 12.3 Å². The Morgan fingerprint density at radius 1 is 1.19 bits per heavy atom. The molecule has 7 nitrogen and oxygen atoms in total. The quantitative estimate of drug-likeness (QED) is 0.607. The largest absolute Gasteiger partial charge is 0.328 e. The standard InChI is InChI=1S/C23H25ClN6O/c1-16-27-28-21(30(16)15-17-9-10-20(24)25-14-17)19-8-5-13-29(19)22(31)26-23(11-12-23)18-6-3-2-4-7-18/h2-4,6-7,9-10,14,19H,5,8,11-13,15H2,1H3,(H,26,31)/t19-/m1/s1. The highest BCUT2D eigenvalue weighted by molar-refractivity contribution is 6.29. The molecular formula is C23H25ClN6O. The summed E-state index contributed by atoms with van der Waals surface area (Å²) in [6, 6.07) is 13.9. The lowest BCUT2D eigenvalue weighted by Gasteiger charge is -2.28. The summed E-state index contributed by atoms with van der Waals surface area (Å²) in [6.45, 7) is 3.25. The number of rotatable bonds is 5. The van der Waals surface area contributed by atoms with Gasteiger partial charge in [-0.1, -0.05) is 48.0 Å². The molecule has 5 rings (SSSR count). The zero-order valence-corrected chi connectivity index (χ0v) is 18.2. The number of carbonyl (C=O) groups is 1. The van der Waals surface area contributed by atoms with Crippen LogP contribution in [0.4, 0.5) is 4.79 Å². The van der Waals surface area contributed by atoms with Gasteiger partial charge in [-0.15, -0.1) is 10.2 Å². The molecule has 0 unspecified atom stereocenters. The van der Waals surface area contributed by atoms with Crippen LogP contribution >= 0.6 is 11.6 Å². The van der Waals surface area contributed by atoms with Crippen molar-refractivity contribution in [3.05, 3.63) is 76.6 Å². The summed E-state index contributed by atoms with van der Waals surface area (Å²) in [4.78, 5) is 19.4. The van der Waals surface area contributed by atoms with E-state index in [9.17, 15) is 4.79 Å². The fourth-order valence-corrected chi connectivity index (χ4v) is 4.56. The van der Waals surface area contributed by atoms with Crippen molar-refractivity contribution >= 4 is 17.6 Å². The van der Waals surface area contributed by atoms with Crippen LogP contribution in [0.2, 0.25) is 5.15 Å². The van der Waals surface area contributed by atoms with Crippen molar-refractivity contribution in [1.29, 1.82) is 0 Å². The number of pyridine rings is 1. The van der Waals surface area contributed by atoms with Gasteiger partial charge in [0, 0.05) is 12.7 Å². The molecule has 160 valence electrons. The summed E-state index contributed by atoms with van der Waals surface area (Å²) < 4.78 is 2.07. The van der Waals surface area contributed by atoms with E-state index in [0.717, 1.165) is 49.4 Å². The zero-order chi connectivity index (χ0) is 21.4. The van der Waals surface area contributed by atoms with E-state index in [-0.39, 0.29) is 17.6 Å². The Labute approximate surface area is 186 Å². The van der Waals surface area contributed by atoms with E-state index in [4.69, 9.17) is 11.6 Å². The van der Waals surface area contributed by atoms with Crippen LogP contribution < -0.4 is 5.32 Å². The second-order valence-corrected chi connectivity index (χ2v) is 8.80. The number of hydrogen-bond acceptors (Lipinski definition) is 4. The van der Waals surface area contributed by atoms with Gasteiger partial charge in [0.1, 0.15) is 11.0 Å². The van der Waals surface area contributed by atoms with Gasteiger partial charge in [0.05, 0.1) is 18.1 Å². The van der Waals surface area contributed by atoms with Gasteiger partial charge in [-0.2, -0.15) is 0 Å². The van der Waals surface area contributed by atoms with Crippen molar-refractivity contribution in [3.63, 3.8) is 0 Å². The van der Waals surface area contributed by atoms with Gasteiger partial charge in [-0.3, -0.25) is 0 Å². The summed E-state index contributed by atoms with van der Waals surface area (Å²) in [5, 5.41) is 12.6. The van der Waals surface area contributed by atoms with Gasteiger partial charge in [0.2, 0.25) is 0 Å². The van der Waals surface area contributed by atoms with Gasteiger partial charge < -0.3 is 14.8 Å². The average molecular weight is 437 g/mol. The monoisotopic (exact) mass is 436 g/mol. The van der Waals surface area contributed by atoms with Crippen LogP contribution in [0, 0.1) is 6.92 Å². The number of nitrogens with one attached hydrogen (secondary N) is 1. The van der Waals surface area contributed by atoms with Crippen LogP contribution in [0.5, 0.6) is 0 Å². The maximum Gasteiger partial charge on any atom is 0.318 e. The Hall–Kier alpha value is -2.93. The first kappa shape index (κ1) is 20.0. The summed E-state index contributed by atoms with van der Waals surface area (Å²) in [7, 11) is 0. The summed E-state index contributed by atoms with van der Waals surface area (Å²) in [5.74, 6) is 1.64. The first-order valence-electron chi connectivity index (χ1n) is 10.7. The highest BCUT2D eigenvalue weighted by Gasteiger charge is 2.47. The Bertz CT molecular complexity index is 1080. The molecule has 2 amide bonds. The number of halogens is 1. The highest BCUT2D eigenvalue weighted by Crippen LogP contribution is 2.46. The van der Waals surface area contributed by atoms with Gasteiger partial charge in [0.15, 0.2) is 5.82 Å². The van der Waals surface area contributed by atoms with E-state index in [0.29, 0.717) is 11.7 Å². The normalized spacial score (nSPS) is 19.4. The molecule has 1 aromatic carbocycles. The Morgan fingerprint density at radius 3 is 2.71 bits per heavy atom. The number of benzene rings is 1. The third kappa shape index (κ3) is 3.90. The van der Waals surface area contributed by atoms with Gasteiger partial charge in [-0.05, 0) is 49.8 Å². The molecule has 31 heavy (non-hydrogen) atoms. The lowest BCUT2D eigenvalue weighted by molar-refractivity contribution is 0.184. The first-order chi connectivity index (χ1) is 15.1. The predicted octanol–water partition coefficient (Wildman–Crippen LogP) is 4.22. The van der Waals surface area contributed by atoms with Crippen LogP contribution in [0.25, 0.3) is 0 Å². The molecule has 3 aromatic rings. The maximum absolute atomic E-state index is 13.3. The molecule has 1 saturated heterocycles. The Kier molecular flexibility index (Phi) is 5.14. The SMILES string of the molecule is Cc1nnc([C@H]2CCCN2C(=O)NC2(c3ccccc3)CC2)n1Cc1ccc(Cl)nc1. The van der Waals surface area contributed by atoms with Crippen molar-refractivity contribution in [2.45, 2.75) is 50.7 Å². The molecule has 1 aliphatic heterocycles. The molecule has 3 heterocycles. The average Bonchev–Trinajstić information content (AvgIpc) is 3.24. The Morgan fingerprint density at radius 2 is 2.00 bits per heavy atom. The lowest BCUT2D eigenvalue weighted by atomic mass is 10.1. The molecule has 2 aliphatic rings. The van der Waals surface area contributed by atoms with E-state index in [2.05, 4.69) is 37.2 Å². The fourth-order valence-electron chi connectivity index (χ4n) is 4.44. The van der Waals surface area contributed by atoms with E-state index >= 15 is 0 Å². The topological polar surface area (TPSA) is 75.9 Å². The van der Waals surface area contributed by atoms with E-state index in [1.165, 1.54) is 5.56 Å². The Balaban J connectivity index is 1.36. The molecule has 2 aromatic heterocycles. The predicted molar refractivity (Wildman–Crippen MR) is 118 cm³/mol. The van der Waals surface area contributed by atoms with Crippen LogP contribution in [0.3, 0.4) is 0 Å². The van der Waals surface area contributed by atoms with Gasteiger partial charge in [0.25, 0.3) is 0 Å². The van der Waals surface area contributed by atoms with Crippen molar-refractivity contribution in [2.24, 2.45) is 0 Å². The summed E-state index contributed by atoms with van der Waals surface area (Å²) in [5.41, 5.74) is 1.96. The minimum Gasteiger partial charge on any atom is -0.328 e. The number of aryl methyl sites for hydroxylation is 1. The van der Waals surface area contributed by atoms with Gasteiger partial charge in [-0.25, -0.2) is 9.78 Å². The van der Waals surface area contributed by atoms with E-state index < -0.39 is 0 Å². The number of likely N-dealkylation sites (tertiary alicyclic amines) is 1. The summed E-state index contributed by atoms with van der Waals surface area (Å²) in [6.07, 6.45) is 5.54. The van der Waals surface area contributed by atoms with Crippen molar-refractivity contribution in [3.8, 4) is 0 Å². The van der Waals surface area contributed by atoms with Crippen LogP contribution in [-0.4, -0.2) is 37.2 Å². The first-order valence-corrected chi connectivity index (χ1v) is 11.1. The molecule has 0 spiro atoms. The highest BCUT2D eigenvalue weighted by atomic mass is 35.5. The van der Waals surface area contributed by atoms with Crippen molar-refractivity contribution < 1.29 is 4.79 Å². The van der Waals surface area contributed by atoms with Gasteiger partial charge >= 0.3 is 6.03 Å². The zero-order valence-electron chi connectivity index (χ0n) is 17.5. The molecule has 0 bridgehead atoms. The number of amides is 2. The molecule has 1 aliphatic carbocycles. The van der Waals surface area contributed by atoms with Crippen LogP contribution in [0.15, 0.2) is 48.7 Å². The molecule has 8 heteroatoms. The fraction of sp³-hybridized carbons (Fsp3) is 0.391. The molecule has 2 fully saturated rings. The van der Waals surface area contributed by atoms with Crippen LogP contribution in [-0.2, 0) is 12.1 Å². The number of carbonyl (C=O) groups excluding carboxylic acids is 1. The third-order valence-corrected chi connectivity index (χ3v) is 6.55. The smallest absolute Gasteiger partial charge is 0.318 e. The van der Waals surface area contributed by atoms with Crippen LogP contribution in [0.1, 0.15) is 54.5 Å². The van der Waals surface area contributed by atoms with Crippen molar-refractivity contribution in [1.82, 2.24) is 30.0 Å². The minimum absolute atomic E-state index is 0.0239. The second-order valence-electron chi connectivity index (χ2n) is 8.41. The number of aromatic nitrogens is 4. The minimum atomic E-state index is -0.232. The van der Waals surface area contributed by atoms with E-state index in [1.807, 2.05) is 36.1 Å². The number of urea groups is 1. The third-order valence-electron chi connectivity index (χ3n) is 6.33. The molecule has 0 radical (unpaired) electrons. The number of nitrogens with zero attached hydrogens (tertiary/aromatic N) is 5. The molecule has 1 N–H and O–H groups in total. The molecule has 1 atom stereocenters. The summed E-state index contributed by atoms with van der Waals surface area (Å²) >= 11 is 5.92. The van der Waals surface area contributed by atoms with Crippen molar-refractivity contribution in [2.75, 3.05) is 6.54 Å². The second kappa shape index (κ2) is 7.96. The number of hydrogen-bond donors (Lipinski definition) is 1. The lowest BCUT2D eigenvalue weighted by Crippen LogP contribution is -2.45. The molecular weight excluding hydrogens is 412 g/mol. The molecule has 1 saturated carbocycles. The maximum atomic E-state index is 13.3.